The molecule has 2 aliphatic carbocycles. The fourth-order valence-electron chi connectivity index (χ4n) is 3.94. The summed E-state index contributed by atoms with van der Waals surface area (Å²) in [6, 6.07) is 4.04. The van der Waals surface area contributed by atoms with Crippen LogP contribution in [-0.4, -0.2) is 7.38 Å². The van der Waals surface area contributed by atoms with Gasteiger partial charge in [0.1, 0.15) is 0 Å². The van der Waals surface area contributed by atoms with Crippen molar-refractivity contribution < 1.29 is 0 Å². The van der Waals surface area contributed by atoms with Gasteiger partial charge in [0.15, 0.2) is 7.38 Å². The minimum absolute atomic E-state index is 0.915. The van der Waals surface area contributed by atoms with Gasteiger partial charge in [-0.25, -0.2) is 0 Å². The predicted octanol–water partition coefficient (Wildman–Crippen LogP) is 5.59. The Labute approximate surface area is 113 Å². The van der Waals surface area contributed by atoms with Crippen LogP contribution in [0.4, 0.5) is 0 Å². The highest BCUT2D eigenvalue weighted by Crippen LogP contribution is 2.46. The summed E-state index contributed by atoms with van der Waals surface area (Å²) in [7, 11) is -1.40. The van der Waals surface area contributed by atoms with Gasteiger partial charge in [0.25, 0.3) is 0 Å². The summed E-state index contributed by atoms with van der Waals surface area (Å²) < 4.78 is 0. The number of rotatable bonds is 7. The Hall–Kier alpha value is 0.247. The molecule has 2 rings (SSSR count). The highest BCUT2D eigenvalue weighted by atomic mass is 35.6. The lowest BCUT2D eigenvalue weighted by atomic mass is 9.91. The first kappa shape index (κ1) is 13.7. The second kappa shape index (κ2) is 5.93. The van der Waals surface area contributed by atoms with Crippen molar-refractivity contribution in [2.24, 2.45) is 17.8 Å². The van der Waals surface area contributed by atoms with Crippen molar-refractivity contribution in [3.05, 3.63) is 12.2 Å². The van der Waals surface area contributed by atoms with Gasteiger partial charge in [0.05, 0.1) is 0 Å². The van der Waals surface area contributed by atoms with Crippen LogP contribution in [0, 0.1) is 17.8 Å². The third kappa shape index (κ3) is 3.38. The molecule has 0 N–H and O–H groups in total. The molecule has 0 nitrogen and oxygen atoms in total. The summed E-state index contributed by atoms with van der Waals surface area (Å²) in [6.45, 7) is 4.58. The summed E-state index contributed by atoms with van der Waals surface area (Å²) in [5, 5.41) is 0. The van der Waals surface area contributed by atoms with Gasteiger partial charge in [-0.2, -0.15) is 11.1 Å². The second-order valence-electron chi connectivity index (χ2n) is 6.23. The molecular weight excluding hydrogens is 244 g/mol. The highest BCUT2D eigenvalue weighted by molar-refractivity contribution is 7.20. The van der Waals surface area contributed by atoms with Crippen molar-refractivity contribution in [1.29, 1.82) is 0 Å². The average molecular weight is 271 g/mol. The van der Waals surface area contributed by atoms with Crippen LogP contribution in [0.2, 0.25) is 18.1 Å². The van der Waals surface area contributed by atoms with Crippen molar-refractivity contribution in [3.8, 4) is 0 Å². The van der Waals surface area contributed by atoms with Crippen LogP contribution in [0.1, 0.15) is 46.0 Å². The van der Waals surface area contributed by atoms with Gasteiger partial charge in [-0.05, 0) is 48.7 Å². The van der Waals surface area contributed by atoms with Crippen molar-refractivity contribution in [1.82, 2.24) is 0 Å². The van der Waals surface area contributed by atoms with Gasteiger partial charge in [-0.3, -0.25) is 0 Å². The molecule has 0 saturated heterocycles. The maximum Gasteiger partial charge on any atom is 0.156 e. The van der Waals surface area contributed by atoms with Gasteiger partial charge < -0.3 is 0 Å². The monoisotopic (exact) mass is 270 g/mol. The molecule has 2 bridgehead atoms. The fraction of sp³-hybridized carbons (Fsp3) is 0.867. The Kier molecular flexibility index (Phi) is 4.77. The lowest BCUT2D eigenvalue weighted by Crippen LogP contribution is -2.27. The zero-order chi connectivity index (χ0) is 12.3. The molecule has 2 heteroatoms. The first-order chi connectivity index (χ1) is 8.17. The summed E-state index contributed by atoms with van der Waals surface area (Å²) in [6.07, 6.45) is 11.8. The van der Waals surface area contributed by atoms with Gasteiger partial charge in [0, 0.05) is 0 Å². The summed E-state index contributed by atoms with van der Waals surface area (Å²) in [4.78, 5) is 0. The third-order valence-corrected chi connectivity index (χ3v) is 10.5. The van der Waals surface area contributed by atoms with E-state index < -0.39 is 7.38 Å². The van der Waals surface area contributed by atoms with Crippen LogP contribution in [0.3, 0.4) is 0 Å². The largest absolute Gasteiger partial charge is 0.167 e. The summed E-state index contributed by atoms with van der Waals surface area (Å²) in [5.74, 6) is 2.82. The van der Waals surface area contributed by atoms with Crippen LogP contribution in [0.25, 0.3) is 0 Å². The van der Waals surface area contributed by atoms with Gasteiger partial charge in [-0.15, -0.1) is 0 Å². The molecule has 0 spiro atoms. The zero-order valence-electron chi connectivity index (χ0n) is 11.4. The normalized spacial score (nSPS) is 31.4. The molecule has 17 heavy (non-hydrogen) atoms. The van der Waals surface area contributed by atoms with Crippen molar-refractivity contribution in [2.45, 2.75) is 64.1 Å². The van der Waals surface area contributed by atoms with E-state index in [1.54, 1.807) is 0 Å². The summed E-state index contributed by atoms with van der Waals surface area (Å²) in [5.41, 5.74) is 0. The molecule has 2 aliphatic rings. The maximum absolute atomic E-state index is 6.94. The molecule has 1 fully saturated rings. The van der Waals surface area contributed by atoms with Gasteiger partial charge in [0.2, 0.25) is 0 Å². The van der Waals surface area contributed by atoms with E-state index in [0.29, 0.717) is 0 Å². The Morgan fingerprint density at radius 1 is 1.06 bits per heavy atom. The van der Waals surface area contributed by atoms with Crippen LogP contribution in [-0.2, 0) is 0 Å². The molecule has 0 aromatic heterocycles. The molecule has 0 radical (unpaired) electrons. The molecule has 98 valence electrons. The Balaban J connectivity index is 1.81. The Morgan fingerprint density at radius 3 is 2.24 bits per heavy atom. The fourth-order valence-corrected chi connectivity index (χ4v) is 8.83. The standard InChI is InChI=1S/C15H27ClSi/c1-3-8-17(16,9-4-2)10-7-15-12-13-5-6-14(15)11-13/h5-6,13-15H,3-4,7-12H2,1-2H3. The number of allylic oxidation sites excluding steroid dienone is 2. The zero-order valence-corrected chi connectivity index (χ0v) is 13.2. The van der Waals surface area contributed by atoms with Crippen LogP contribution in [0.15, 0.2) is 12.2 Å². The molecule has 3 unspecified atom stereocenters. The van der Waals surface area contributed by atoms with Crippen LogP contribution < -0.4 is 0 Å². The maximum atomic E-state index is 6.94. The Bertz CT molecular complexity index is 268. The van der Waals surface area contributed by atoms with E-state index >= 15 is 0 Å². The van der Waals surface area contributed by atoms with Gasteiger partial charge >= 0.3 is 0 Å². The van der Waals surface area contributed by atoms with E-state index in [-0.39, 0.29) is 0 Å². The van der Waals surface area contributed by atoms with Crippen LogP contribution >= 0.6 is 11.1 Å². The minimum atomic E-state index is -1.40. The van der Waals surface area contributed by atoms with E-state index in [0.717, 1.165) is 17.8 Å². The lowest BCUT2D eigenvalue weighted by Gasteiger charge is -2.27. The van der Waals surface area contributed by atoms with E-state index in [9.17, 15) is 0 Å². The molecule has 3 atom stereocenters. The average Bonchev–Trinajstić information content (AvgIpc) is 2.89. The molecule has 0 heterocycles. The van der Waals surface area contributed by atoms with E-state index in [1.807, 2.05) is 0 Å². The first-order valence-corrected chi connectivity index (χ1v) is 11.2. The number of halogens is 1. The number of hydrogen-bond acceptors (Lipinski definition) is 0. The SMILES string of the molecule is CCC[Si](Cl)(CCC)CCC1CC2C=CC1C2. The third-order valence-electron chi connectivity index (χ3n) is 4.78. The quantitative estimate of drug-likeness (QED) is 0.321. The highest BCUT2D eigenvalue weighted by Gasteiger charge is 2.37. The predicted molar refractivity (Wildman–Crippen MR) is 80.1 cm³/mol. The second-order valence-corrected chi connectivity index (χ2v) is 12.4. The smallest absolute Gasteiger partial charge is 0.156 e. The topological polar surface area (TPSA) is 0 Å². The Morgan fingerprint density at radius 2 is 1.76 bits per heavy atom. The number of hydrogen-bond donors (Lipinski definition) is 0. The van der Waals surface area contributed by atoms with E-state index in [1.165, 1.54) is 50.2 Å². The summed E-state index contributed by atoms with van der Waals surface area (Å²) >= 11 is 6.94. The van der Waals surface area contributed by atoms with Crippen molar-refractivity contribution in [3.63, 3.8) is 0 Å². The van der Waals surface area contributed by atoms with Crippen LogP contribution in [0.5, 0.6) is 0 Å². The molecular formula is C15H27ClSi. The number of fused-ring (bicyclic) bond motifs is 2. The molecule has 0 aromatic rings. The first-order valence-electron chi connectivity index (χ1n) is 7.54. The van der Waals surface area contributed by atoms with E-state index in [2.05, 4.69) is 26.0 Å². The molecule has 0 amide bonds. The minimum Gasteiger partial charge on any atom is -0.167 e. The van der Waals surface area contributed by atoms with Gasteiger partial charge in [-0.1, -0.05) is 45.3 Å². The molecule has 0 aliphatic heterocycles. The molecule has 1 saturated carbocycles. The van der Waals surface area contributed by atoms with Crippen molar-refractivity contribution >= 4 is 18.5 Å². The molecule has 0 aromatic carbocycles. The van der Waals surface area contributed by atoms with E-state index in [4.69, 9.17) is 11.1 Å². The van der Waals surface area contributed by atoms with Crippen molar-refractivity contribution in [2.75, 3.05) is 0 Å². The lowest BCUT2D eigenvalue weighted by molar-refractivity contribution is 0.432.